The van der Waals surface area contributed by atoms with E-state index >= 15 is 0 Å². The van der Waals surface area contributed by atoms with Gasteiger partial charge in [-0.05, 0) is 22.0 Å². The number of halogens is 2. The van der Waals surface area contributed by atoms with E-state index in [9.17, 15) is 13.2 Å². The molecule has 0 aliphatic rings. The summed E-state index contributed by atoms with van der Waals surface area (Å²) in [6.45, 7) is 1.91. The standard InChI is InChI=1S/C9H9BrN2O3S3.BrH/c1-5-12(4-8(13)11-18(2,14)15)9-6(16-5)3-7(10)17-9;/h3H,4H2,1-2H3;1H. The molecule has 0 fully saturated rings. The third-order valence-corrected chi connectivity index (χ3v) is 5.57. The number of aromatic nitrogens is 1. The molecule has 0 unspecified atom stereocenters. The largest absolute Gasteiger partial charge is 1.00 e. The van der Waals surface area contributed by atoms with Gasteiger partial charge in [0.2, 0.25) is 21.6 Å². The van der Waals surface area contributed by atoms with Gasteiger partial charge in [-0.15, -0.1) is 0 Å². The fourth-order valence-corrected chi connectivity index (χ4v) is 5.01. The second-order valence-electron chi connectivity index (χ2n) is 3.72. The topological polar surface area (TPSA) is 67.1 Å². The minimum atomic E-state index is -3.50. The summed E-state index contributed by atoms with van der Waals surface area (Å²) in [6, 6.07) is 1.99. The quantitative estimate of drug-likeness (QED) is 0.574. The molecule has 2 aromatic heterocycles. The van der Waals surface area contributed by atoms with Crippen LogP contribution < -0.4 is 26.3 Å². The zero-order chi connectivity index (χ0) is 13.5. The molecular formula is C9H10Br2N2O3S3. The summed E-state index contributed by atoms with van der Waals surface area (Å²) in [6.07, 6.45) is 0.966. The predicted octanol–water partition coefficient (Wildman–Crippen LogP) is -1.60. The third kappa shape index (κ3) is 4.22. The lowest BCUT2D eigenvalue weighted by Crippen LogP contribution is -3.00. The number of aryl methyl sites for hydroxylation is 1. The van der Waals surface area contributed by atoms with Gasteiger partial charge in [0, 0.05) is 6.92 Å². The van der Waals surface area contributed by atoms with Gasteiger partial charge in [0.15, 0.2) is 0 Å². The van der Waals surface area contributed by atoms with E-state index in [1.807, 2.05) is 22.3 Å². The molecule has 1 amide bonds. The fraction of sp³-hybridized carbons (Fsp3) is 0.333. The number of sulfonamides is 1. The van der Waals surface area contributed by atoms with Crippen molar-refractivity contribution in [3.8, 4) is 0 Å². The Kier molecular flexibility index (Phi) is 5.52. The van der Waals surface area contributed by atoms with E-state index in [0.717, 1.165) is 24.6 Å². The summed E-state index contributed by atoms with van der Waals surface area (Å²) in [7, 11) is -3.50. The lowest BCUT2D eigenvalue weighted by molar-refractivity contribution is -0.658. The Balaban J connectivity index is 0.00000180. The lowest BCUT2D eigenvalue weighted by atomic mass is 10.5. The smallest absolute Gasteiger partial charge is 0.299 e. The minimum absolute atomic E-state index is 0. The Bertz CT molecular complexity index is 720. The van der Waals surface area contributed by atoms with Crippen molar-refractivity contribution in [2.45, 2.75) is 13.5 Å². The van der Waals surface area contributed by atoms with E-state index in [1.54, 1.807) is 11.3 Å². The number of nitrogens with zero attached hydrogens (tertiary/aromatic N) is 1. The highest BCUT2D eigenvalue weighted by molar-refractivity contribution is 9.11. The summed E-state index contributed by atoms with van der Waals surface area (Å²) in [4.78, 5) is 12.6. The molecule has 0 aliphatic heterocycles. The number of nitrogens with one attached hydrogen (secondary N) is 1. The van der Waals surface area contributed by atoms with E-state index in [1.165, 1.54) is 11.3 Å². The Morgan fingerprint density at radius 1 is 1.47 bits per heavy atom. The number of thiazole rings is 1. The SMILES string of the molecule is Cc1sc2cc(Br)sc2[n+]1CC(=O)NS(C)(=O)=O.[Br-]. The van der Waals surface area contributed by atoms with Crippen LogP contribution in [-0.2, 0) is 21.4 Å². The summed E-state index contributed by atoms with van der Waals surface area (Å²) in [5.41, 5.74) is 0. The number of fused-ring (bicyclic) bond motifs is 1. The molecule has 1 N–H and O–H groups in total. The lowest BCUT2D eigenvalue weighted by Gasteiger charge is -1.98. The molecule has 19 heavy (non-hydrogen) atoms. The van der Waals surface area contributed by atoms with Crippen LogP contribution in [0, 0.1) is 6.92 Å². The first-order valence-electron chi connectivity index (χ1n) is 4.85. The second-order valence-corrected chi connectivity index (χ2v) is 9.12. The highest BCUT2D eigenvalue weighted by atomic mass is 79.9. The van der Waals surface area contributed by atoms with E-state index < -0.39 is 15.9 Å². The molecule has 5 nitrogen and oxygen atoms in total. The average Bonchev–Trinajstić information content (AvgIpc) is 2.63. The molecule has 2 rings (SSSR count). The van der Waals surface area contributed by atoms with Crippen molar-refractivity contribution in [2.24, 2.45) is 0 Å². The third-order valence-electron chi connectivity index (χ3n) is 2.13. The van der Waals surface area contributed by atoms with Gasteiger partial charge in [0.1, 0.15) is 4.70 Å². The van der Waals surface area contributed by atoms with Crippen LogP contribution in [0.2, 0.25) is 0 Å². The number of rotatable bonds is 3. The van der Waals surface area contributed by atoms with Gasteiger partial charge in [-0.2, -0.15) is 4.57 Å². The van der Waals surface area contributed by atoms with Gasteiger partial charge >= 0.3 is 0 Å². The van der Waals surface area contributed by atoms with Crippen molar-refractivity contribution in [3.63, 3.8) is 0 Å². The van der Waals surface area contributed by atoms with E-state index in [0.29, 0.717) is 0 Å². The van der Waals surface area contributed by atoms with Gasteiger partial charge in [0.25, 0.3) is 10.7 Å². The Hall–Kier alpha value is -0.0300. The highest BCUT2D eigenvalue weighted by Crippen LogP contribution is 2.31. The maximum absolute atomic E-state index is 11.6. The van der Waals surface area contributed by atoms with Gasteiger partial charge < -0.3 is 17.0 Å². The highest BCUT2D eigenvalue weighted by Gasteiger charge is 2.23. The van der Waals surface area contributed by atoms with Crippen molar-refractivity contribution < 1.29 is 34.8 Å². The Labute approximate surface area is 137 Å². The van der Waals surface area contributed by atoms with Crippen LogP contribution >= 0.6 is 38.6 Å². The van der Waals surface area contributed by atoms with E-state index in [-0.39, 0.29) is 23.5 Å². The van der Waals surface area contributed by atoms with E-state index in [4.69, 9.17) is 0 Å². The van der Waals surface area contributed by atoms with Crippen molar-refractivity contribution in [1.29, 1.82) is 0 Å². The monoisotopic (exact) mass is 448 g/mol. The van der Waals surface area contributed by atoms with Gasteiger partial charge in [-0.1, -0.05) is 22.7 Å². The molecule has 10 heteroatoms. The summed E-state index contributed by atoms with van der Waals surface area (Å²) in [5, 5.41) is 0.965. The molecule has 0 radical (unpaired) electrons. The Morgan fingerprint density at radius 3 is 2.68 bits per heavy atom. The number of carbonyl (C=O) groups excluding carboxylic acids is 1. The molecule has 0 saturated carbocycles. The van der Waals surface area contributed by atoms with Crippen molar-refractivity contribution in [2.75, 3.05) is 6.26 Å². The van der Waals surface area contributed by atoms with Gasteiger partial charge in [-0.25, -0.2) is 13.1 Å². The molecule has 0 bridgehead atoms. The van der Waals surface area contributed by atoms with Crippen LogP contribution in [0.15, 0.2) is 9.85 Å². The van der Waals surface area contributed by atoms with Crippen molar-refractivity contribution in [1.82, 2.24) is 4.72 Å². The Morgan fingerprint density at radius 2 is 2.11 bits per heavy atom. The van der Waals surface area contributed by atoms with Crippen LogP contribution in [0.5, 0.6) is 0 Å². The fourth-order valence-electron chi connectivity index (χ4n) is 1.52. The number of hydrogen-bond acceptors (Lipinski definition) is 5. The van der Waals surface area contributed by atoms with Crippen LogP contribution in [0.1, 0.15) is 5.01 Å². The minimum Gasteiger partial charge on any atom is -1.00 e. The number of hydrogen-bond donors (Lipinski definition) is 1. The molecule has 2 aromatic rings. The number of amides is 1. The second kappa shape index (κ2) is 6.17. The van der Waals surface area contributed by atoms with Gasteiger partial charge in [-0.3, -0.25) is 4.79 Å². The van der Waals surface area contributed by atoms with Crippen LogP contribution in [0.3, 0.4) is 0 Å². The first-order valence-corrected chi connectivity index (χ1v) is 9.17. The molecule has 0 saturated heterocycles. The first kappa shape index (κ1) is 17.0. The summed E-state index contributed by atoms with van der Waals surface area (Å²) < 4.78 is 27.8. The summed E-state index contributed by atoms with van der Waals surface area (Å²) >= 11 is 6.49. The van der Waals surface area contributed by atoms with Crippen molar-refractivity contribution in [3.05, 3.63) is 14.9 Å². The molecule has 0 aliphatic carbocycles. The molecule has 0 spiro atoms. The molecule has 2 heterocycles. The molecule has 0 aromatic carbocycles. The van der Waals surface area contributed by atoms with Crippen molar-refractivity contribution >= 4 is 64.1 Å². The van der Waals surface area contributed by atoms with E-state index in [2.05, 4.69) is 15.9 Å². The number of carbonyl (C=O) groups is 1. The zero-order valence-electron chi connectivity index (χ0n) is 9.94. The summed E-state index contributed by atoms with van der Waals surface area (Å²) in [5.74, 6) is -0.533. The number of thiophene rings is 1. The van der Waals surface area contributed by atoms with Crippen LogP contribution in [0.4, 0.5) is 0 Å². The normalized spacial score (nSPS) is 11.3. The van der Waals surface area contributed by atoms with Crippen LogP contribution in [0.25, 0.3) is 9.53 Å². The maximum atomic E-state index is 11.6. The van der Waals surface area contributed by atoms with Crippen LogP contribution in [-0.4, -0.2) is 20.6 Å². The predicted molar refractivity (Wildman–Crippen MR) is 75.3 cm³/mol. The molecule has 0 atom stereocenters. The zero-order valence-corrected chi connectivity index (χ0v) is 15.6. The van der Waals surface area contributed by atoms with Gasteiger partial charge in [0.05, 0.1) is 10.0 Å². The maximum Gasteiger partial charge on any atom is 0.299 e. The average molecular weight is 450 g/mol. The molecular weight excluding hydrogens is 440 g/mol. The molecule has 106 valence electrons. The first-order chi connectivity index (χ1) is 8.26.